The van der Waals surface area contributed by atoms with E-state index in [0.717, 1.165) is 6.42 Å². The molecule has 6 nitrogen and oxygen atoms in total. The topological polar surface area (TPSA) is 64.4 Å². The molecule has 31 heavy (non-hydrogen) atoms. The Bertz CT molecular complexity index is 1080. The van der Waals surface area contributed by atoms with Crippen LogP contribution in [0.2, 0.25) is 0 Å². The molecule has 0 spiro atoms. The number of hydrogen-bond donors (Lipinski definition) is 0. The molecule has 3 rings (SSSR count). The molecular formula is C25H31N3O3. The van der Waals surface area contributed by atoms with E-state index in [1.807, 2.05) is 60.4 Å². The van der Waals surface area contributed by atoms with Gasteiger partial charge in [-0.1, -0.05) is 51.1 Å². The summed E-state index contributed by atoms with van der Waals surface area (Å²) in [6, 6.07) is 16.3. The zero-order valence-electron chi connectivity index (χ0n) is 18.7. The Morgan fingerprint density at radius 1 is 1.10 bits per heavy atom. The third-order valence-corrected chi connectivity index (χ3v) is 5.45. The Balaban J connectivity index is 1.94. The molecule has 2 aromatic carbocycles. The van der Waals surface area contributed by atoms with Gasteiger partial charge in [-0.3, -0.25) is 14.2 Å². The van der Waals surface area contributed by atoms with E-state index in [1.54, 1.807) is 17.7 Å². The Labute approximate surface area is 183 Å². The molecule has 0 saturated heterocycles. The molecule has 0 aliphatic carbocycles. The van der Waals surface area contributed by atoms with Crippen LogP contribution in [0, 0.1) is 5.92 Å². The van der Waals surface area contributed by atoms with Gasteiger partial charge in [-0.05, 0) is 43.0 Å². The van der Waals surface area contributed by atoms with E-state index in [9.17, 15) is 9.59 Å². The van der Waals surface area contributed by atoms with Crippen molar-refractivity contribution in [2.75, 3.05) is 13.2 Å². The summed E-state index contributed by atoms with van der Waals surface area (Å²) in [4.78, 5) is 32.8. The summed E-state index contributed by atoms with van der Waals surface area (Å²) >= 11 is 0. The van der Waals surface area contributed by atoms with Gasteiger partial charge in [0.05, 0.1) is 16.9 Å². The highest BCUT2D eigenvalue weighted by Gasteiger charge is 2.28. The number of fused-ring (bicyclic) bond motifs is 1. The number of benzene rings is 2. The van der Waals surface area contributed by atoms with Gasteiger partial charge >= 0.3 is 0 Å². The third kappa shape index (κ3) is 5.32. The minimum absolute atomic E-state index is 0.0554. The van der Waals surface area contributed by atoms with Gasteiger partial charge < -0.3 is 9.64 Å². The second-order valence-electron chi connectivity index (χ2n) is 8.15. The van der Waals surface area contributed by atoms with Crippen molar-refractivity contribution < 1.29 is 9.53 Å². The van der Waals surface area contributed by atoms with E-state index >= 15 is 0 Å². The van der Waals surface area contributed by atoms with Gasteiger partial charge in [-0.15, -0.1) is 0 Å². The second kappa shape index (κ2) is 10.2. The quantitative estimate of drug-likeness (QED) is 0.516. The number of nitrogens with zero attached hydrogens (tertiary/aromatic N) is 3. The largest absolute Gasteiger partial charge is 0.484 e. The zero-order chi connectivity index (χ0) is 22.4. The number of carbonyl (C=O) groups is 1. The van der Waals surface area contributed by atoms with Crippen molar-refractivity contribution >= 4 is 16.8 Å². The van der Waals surface area contributed by atoms with Gasteiger partial charge in [-0.25, -0.2) is 4.98 Å². The maximum Gasteiger partial charge on any atom is 0.261 e. The molecule has 0 fully saturated rings. The highest BCUT2D eigenvalue weighted by atomic mass is 16.5. The van der Waals surface area contributed by atoms with Crippen molar-refractivity contribution in [1.82, 2.24) is 14.5 Å². The van der Waals surface area contributed by atoms with Crippen LogP contribution in [0.3, 0.4) is 0 Å². The average molecular weight is 422 g/mol. The van der Waals surface area contributed by atoms with E-state index in [2.05, 4.69) is 13.8 Å². The minimum atomic E-state index is -0.312. The predicted octanol–water partition coefficient (Wildman–Crippen LogP) is 4.34. The summed E-state index contributed by atoms with van der Waals surface area (Å²) in [5, 5.41) is 0.580. The van der Waals surface area contributed by atoms with Crippen LogP contribution >= 0.6 is 0 Å². The molecule has 1 aromatic heterocycles. The van der Waals surface area contributed by atoms with Crippen molar-refractivity contribution in [1.29, 1.82) is 0 Å². The highest BCUT2D eigenvalue weighted by Crippen LogP contribution is 2.25. The number of hydrogen-bond acceptors (Lipinski definition) is 4. The smallest absolute Gasteiger partial charge is 0.261 e. The first-order valence-corrected chi connectivity index (χ1v) is 10.8. The van der Waals surface area contributed by atoms with Crippen LogP contribution < -0.4 is 10.3 Å². The van der Waals surface area contributed by atoms with Gasteiger partial charge in [0.1, 0.15) is 11.6 Å². The minimum Gasteiger partial charge on any atom is -0.484 e. The van der Waals surface area contributed by atoms with Crippen LogP contribution in [0.5, 0.6) is 5.75 Å². The number of carbonyl (C=O) groups excluding carboxylic acids is 1. The highest BCUT2D eigenvalue weighted by molar-refractivity contribution is 5.79. The monoisotopic (exact) mass is 421 g/mol. The Hall–Kier alpha value is -3.15. The lowest BCUT2D eigenvalue weighted by Gasteiger charge is -2.32. The Morgan fingerprint density at radius 3 is 2.45 bits per heavy atom. The summed E-state index contributed by atoms with van der Waals surface area (Å²) in [5.41, 5.74) is 0.548. The summed E-state index contributed by atoms with van der Waals surface area (Å²) in [6.07, 6.45) is 1.50. The molecule has 0 bridgehead atoms. The fraction of sp³-hybridized carbons (Fsp3) is 0.400. The number of para-hydroxylation sites is 2. The molecule has 1 unspecified atom stereocenters. The van der Waals surface area contributed by atoms with Crippen molar-refractivity contribution in [3.63, 3.8) is 0 Å². The standard InChI is InChI=1S/C25H31N3O3/c1-5-22(24-26-21-14-10-9-13-20(21)25(30)27(24)4)28(16-15-18(2)3)23(29)17-31-19-11-7-6-8-12-19/h6-14,18,22H,5,15-17H2,1-4H3. The molecule has 1 heterocycles. The molecule has 0 saturated carbocycles. The fourth-order valence-corrected chi connectivity index (χ4v) is 3.67. The molecule has 3 aromatic rings. The Morgan fingerprint density at radius 2 is 1.77 bits per heavy atom. The van der Waals surface area contributed by atoms with Gasteiger partial charge in [0.2, 0.25) is 0 Å². The van der Waals surface area contributed by atoms with Crippen LogP contribution in [-0.2, 0) is 11.8 Å². The molecule has 0 aliphatic heterocycles. The lowest BCUT2D eigenvalue weighted by Crippen LogP contribution is -2.41. The first kappa shape index (κ1) is 22.5. The van der Waals surface area contributed by atoms with Crippen molar-refractivity contribution in [3.05, 3.63) is 70.8 Å². The molecule has 1 amide bonds. The van der Waals surface area contributed by atoms with Crippen LogP contribution in [0.25, 0.3) is 10.9 Å². The average Bonchev–Trinajstić information content (AvgIpc) is 2.78. The summed E-state index contributed by atoms with van der Waals surface area (Å²) < 4.78 is 7.30. The maximum atomic E-state index is 13.2. The summed E-state index contributed by atoms with van der Waals surface area (Å²) in [5.74, 6) is 1.59. The van der Waals surface area contributed by atoms with E-state index in [4.69, 9.17) is 9.72 Å². The first-order chi connectivity index (χ1) is 14.9. The number of rotatable bonds is 9. The molecule has 0 N–H and O–H groups in total. The summed E-state index contributed by atoms with van der Waals surface area (Å²) in [7, 11) is 1.73. The molecule has 1 atom stereocenters. The van der Waals surface area contributed by atoms with Crippen LogP contribution in [-0.4, -0.2) is 33.5 Å². The van der Waals surface area contributed by atoms with Gasteiger partial charge in [0, 0.05) is 13.6 Å². The normalized spacial score (nSPS) is 12.2. The molecule has 0 aliphatic rings. The lowest BCUT2D eigenvalue weighted by atomic mass is 10.1. The molecule has 6 heteroatoms. The van der Waals surface area contributed by atoms with Crippen LogP contribution in [0.4, 0.5) is 0 Å². The SMILES string of the molecule is CCC(c1nc2ccccc2c(=O)n1C)N(CCC(C)C)C(=O)COc1ccccc1. The Kier molecular flexibility index (Phi) is 7.45. The maximum absolute atomic E-state index is 13.2. The predicted molar refractivity (Wildman–Crippen MR) is 123 cm³/mol. The van der Waals surface area contributed by atoms with E-state index in [0.29, 0.717) is 41.4 Å². The van der Waals surface area contributed by atoms with Gasteiger partial charge in [0.25, 0.3) is 11.5 Å². The lowest BCUT2D eigenvalue weighted by molar-refractivity contribution is -0.136. The number of amides is 1. The summed E-state index contributed by atoms with van der Waals surface area (Å²) in [6.45, 7) is 6.80. The van der Waals surface area contributed by atoms with Gasteiger partial charge in [0.15, 0.2) is 6.61 Å². The van der Waals surface area contributed by atoms with E-state index < -0.39 is 0 Å². The second-order valence-corrected chi connectivity index (χ2v) is 8.15. The third-order valence-electron chi connectivity index (χ3n) is 5.45. The van der Waals surface area contributed by atoms with Crippen LogP contribution in [0.15, 0.2) is 59.4 Å². The van der Waals surface area contributed by atoms with Crippen LogP contribution in [0.1, 0.15) is 45.5 Å². The van der Waals surface area contributed by atoms with Crippen molar-refractivity contribution in [2.45, 2.75) is 39.7 Å². The molecule has 164 valence electrons. The number of aromatic nitrogens is 2. The first-order valence-electron chi connectivity index (χ1n) is 10.8. The van der Waals surface area contributed by atoms with Gasteiger partial charge in [-0.2, -0.15) is 0 Å². The fourth-order valence-electron chi connectivity index (χ4n) is 3.67. The zero-order valence-corrected chi connectivity index (χ0v) is 18.7. The van der Waals surface area contributed by atoms with Crippen molar-refractivity contribution in [2.24, 2.45) is 13.0 Å². The van der Waals surface area contributed by atoms with Crippen molar-refractivity contribution in [3.8, 4) is 5.75 Å². The molecular weight excluding hydrogens is 390 g/mol. The van der Waals surface area contributed by atoms with E-state index in [1.165, 1.54) is 0 Å². The van der Waals surface area contributed by atoms with E-state index in [-0.39, 0.29) is 24.1 Å². The molecule has 0 radical (unpaired) electrons. The number of ether oxygens (including phenoxy) is 1.